The molecule has 0 radical (unpaired) electrons. The molecule has 0 saturated heterocycles. The lowest BCUT2D eigenvalue weighted by molar-refractivity contribution is -0.140. The van der Waals surface area contributed by atoms with Crippen LogP contribution in [0.3, 0.4) is 0 Å². The molecule has 24 heavy (non-hydrogen) atoms. The van der Waals surface area contributed by atoms with Crippen molar-refractivity contribution in [3.8, 4) is 5.75 Å². The molecule has 1 aromatic rings. The van der Waals surface area contributed by atoms with Crippen LogP contribution in [-0.2, 0) is 15.0 Å². The van der Waals surface area contributed by atoms with Crippen molar-refractivity contribution < 1.29 is 14.3 Å². The fourth-order valence-corrected chi connectivity index (χ4v) is 2.43. The Morgan fingerprint density at radius 3 is 2.17 bits per heavy atom. The molecule has 134 valence electrons. The summed E-state index contributed by atoms with van der Waals surface area (Å²) in [5.74, 6) is 0.451. The standard InChI is InChI=1S/C19H30N2O3/c1-7-21(8-2)17(22)13-20(6)18(23)14-24-16-12-10-9-11-15(16)19(3,4)5/h9-12H,7-8,13-14H2,1-6H3. The molecule has 5 heteroatoms. The SMILES string of the molecule is CCN(CC)C(=O)CN(C)C(=O)COc1ccccc1C(C)(C)C. The topological polar surface area (TPSA) is 49.9 Å². The molecule has 0 aliphatic heterocycles. The molecular formula is C19H30N2O3. The van der Waals surface area contributed by atoms with Crippen molar-refractivity contribution in [3.63, 3.8) is 0 Å². The third kappa shape index (κ3) is 5.55. The van der Waals surface area contributed by atoms with E-state index in [4.69, 9.17) is 4.74 Å². The minimum Gasteiger partial charge on any atom is -0.483 e. The highest BCUT2D eigenvalue weighted by atomic mass is 16.5. The number of para-hydroxylation sites is 1. The molecule has 5 nitrogen and oxygen atoms in total. The van der Waals surface area contributed by atoms with E-state index in [-0.39, 0.29) is 30.4 Å². The number of carbonyl (C=O) groups is 2. The molecule has 0 unspecified atom stereocenters. The Bertz CT molecular complexity index is 560. The Labute approximate surface area is 145 Å². The summed E-state index contributed by atoms with van der Waals surface area (Å²) in [5.41, 5.74) is 0.990. The van der Waals surface area contributed by atoms with Crippen molar-refractivity contribution in [2.75, 3.05) is 33.3 Å². The van der Waals surface area contributed by atoms with Gasteiger partial charge in [-0.05, 0) is 30.9 Å². The number of rotatable bonds is 7. The monoisotopic (exact) mass is 334 g/mol. The molecule has 0 bridgehead atoms. The lowest BCUT2D eigenvalue weighted by Gasteiger charge is -2.25. The summed E-state index contributed by atoms with van der Waals surface area (Å²) >= 11 is 0. The van der Waals surface area contributed by atoms with Crippen molar-refractivity contribution in [2.24, 2.45) is 0 Å². The second-order valence-electron chi connectivity index (χ2n) is 6.85. The molecule has 0 aromatic heterocycles. The summed E-state index contributed by atoms with van der Waals surface area (Å²) in [4.78, 5) is 27.4. The summed E-state index contributed by atoms with van der Waals surface area (Å²) in [6.45, 7) is 11.5. The highest BCUT2D eigenvalue weighted by Crippen LogP contribution is 2.30. The maximum Gasteiger partial charge on any atom is 0.260 e. The lowest BCUT2D eigenvalue weighted by atomic mass is 9.86. The van der Waals surface area contributed by atoms with Crippen LogP contribution in [0, 0.1) is 0 Å². The molecule has 0 atom stereocenters. The van der Waals surface area contributed by atoms with Gasteiger partial charge in [0.15, 0.2) is 6.61 Å². The van der Waals surface area contributed by atoms with Crippen LogP contribution in [0.15, 0.2) is 24.3 Å². The minimum absolute atomic E-state index is 0.0501. The molecule has 0 N–H and O–H groups in total. The van der Waals surface area contributed by atoms with Gasteiger partial charge in [-0.3, -0.25) is 9.59 Å². The van der Waals surface area contributed by atoms with Crippen molar-refractivity contribution in [1.82, 2.24) is 9.80 Å². The maximum absolute atomic E-state index is 12.2. The molecular weight excluding hydrogens is 304 g/mol. The van der Waals surface area contributed by atoms with Gasteiger partial charge in [0.25, 0.3) is 5.91 Å². The predicted molar refractivity (Wildman–Crippen MR) is 96.2 cm³/mol. The van der Waals surface area contributed by atoms with E-state index >= 15 is 0 Å². The van der Waals surface area contributed by atoms with Crippen LogP contribution in [0.4, 0.5) is 0 Å². The number of carbonyl (C=O) groups excluding carboxylic acids is 2. The molecule has 0 heterocycles. The molecule has 0 aliphatic rings. The summed E-state index contributed by atoms with van der Waals surface area (Å²) in [7, 11) is 1.63. The van der Waals surface area contributed by atoms with E-state index in [1.807, 2.05) is 38.1 Å². The van der Waals surface area contributed by atoms with Gasteiger partial charge < -0.3 is 14.5 Å². The highest BCUT2D eigenvalue weighted by molar-refractivity contribution is 5.85. The van der Waals surface area contributed by atoms with Crippen LogP contribution in [0.25, 0.3) is 0 Å². The third-order valence-corrected chi connectivity index (χ3v) is 3.96. The Hall–Kier alpha value is -2.04. The number of benzene rings is 1. The summed E-state index contributed by atoms with van der Waals surface area (Å²) in [5, 5.41) is 0. The first-order chi connectivity index (χ1) is 11.2. The summed E-state index contributed by atoms with van der Waals surface area (Å²) in [6, 6.07) is 7.73. The van der Waals surface area contributed by atoms with Crippen LogP contribution in [0.5, 0.6) is 5.75 Å². The van der Waals surface area contributed by atoms with E-state index in [0.717, 1.165) is 5.56 Å². The van der Waals surface area contributed by atoms with Crippen LogP contribution in [0.1, 0.15) is 40.2 Å². The fraction of sp³-hybridized carbons (Fsp3) is 0.579. The Kier molecular flexibility index (Phi) is 7.26. The van der Waals surface area contributed by atoms with Crippen LogP contribution < -0.4 is 4.74 Å². The van der Waals surface area contributed by atoms with Crippen LogP contribution in [0.2, 0.25) is 0 Å². The van der Waals surface area contributed by atoms with Crippen molar-refractivity contribution in [1.29, 1.82) is 0 Å². The van der Waals surface area contributed by atoms with Gasteiger partial charge in [-0.25, -0.2) is 0 Å². The average molecular weight is 334 g/mol. The van der Waals surface area contributed by atoms with Gasteiger partial charge in [-0.2, -0.15) is 0 Å². The highest BCUT2D eigenvalue weighted by Gasteiger charge is 2.20. The number of likely N-dealkylation sites (N-methyl/N-ethyl adjacent to an activating group) is 2. The molecule has 0 aliphatic carbocycles. The third-order valence-electron chi connectivity index (χ3n) is 3.96. The molecule has 0 saturated carbocycles. The summed E-state index contributed by atoms with van der Waals surface area (Å²) < 4.78 is 5.73. The number of amides is 2. The number of hydrogen-bond donors (Lipinski definition) is 0. The van der Waals surface area contributed by atoms with E-state index in [1.165, 1.54) is 4.90 Å². The van der Waals surface area contributed by atoms with Crippen molar-refractivity contribution in [2.45, 2.75) is 40.0 Å². The van der Waals surface area contributed by atoms with Gasteiger partial charge in [0, 0.05) is 20.1 Å². The number of ether oxygens (including phenoxy) is 1. The Morgan fingerprint density at radius 1 is 1.04 bits per heavy atom. The van der Waals surface area contributed by atoms with Gasteiger partial charge in [0.05, 0.1) is 6.54 Å². The van der Waals surface area contributed by atoms with Gasteiger partial charge in [0.2, 0.25) is 5.91 Å². The Balaban J connectivity index is 2.65. The summed E-state index contributed by atoms with van der Waals surface area (Å²) in [6.07, 6.45) is 0. The predicted octanol–water partition coefficient (Wildman–Crippen LogP) is 2.69. The Morgan fingerprint density at radius 2 is 1.62 bits per heavy atom. The van der Waals surface area contributed by atoms with E-state index < -0.39 is 0 Å². The lowest BCUT2D eigenvalue weighted by Crippen LogP contribution is -2.42. The van der Waals surface area contributed by atoms with Crippen molar-refractivity contribution >= 4 is 11.8 Å². The number of nitrogens with zero attached hydrogens (tertiary/aromatic N) is 2. The average Bonchev–Trinajstić information content (AvgIpc) is 2.53. The van der Waals surface area contributed by atoms with E-state index in [0.29, 0.717) is 18.8 Å². The van der Waals surface area contributed by atoms with Gasteiger partial charge in [-0.1, -0.05) is 39.0 Å². The zero-order valence-corrected chi connectivity index (χ0v) is 15.8. The molecule has 1 aromatic carbocycles. The van der Waals surface area contributed by atoms with Gasteiger partial charge in [-0.15, -0.1) is 0 Å². The van der Waals surface area contributed by atoms with Crippen LogP contribution >= 0.6 is 0 Å². The molecule has 1 rings (SSSR count). The maximum atomic E-state index is 12.2. The normalized spacial score (nSPS) is 11.1. The molecule has 0 spiro atoms. The second-order valence-corrected chi connectivity index (χ2v) is 6.85. The quantitative estimate of drug-likeness (QED) is 0.770. The zero-order chi connectivity index (χ0) is 18.3. The largest absolute Gasteiger partial charge is 0.483 e. The van der Waals surface area contributed by atoms with Crippen molar-refractivity contribution in [3.05, 3.63) is 29.8 Å². The molecule has 0 fully saturated rings. The fourth-order valence-electron chi connectivity index (χ4n) is 2.43. The zero-order valence-electron chi connectivity index (χ0n) is 15.8. The first kappa shape index (κ1) is 20.0. The van der Waals surface area contributed by atoms with E-state index in [9.17, 15) is 9.59 Å². The second kappa shape index (κ2) is 8.71. The van der Waals surface area contributed by atoms with Gasteiger partial charge in [0.1, 0.15) is 5.75 Å². The van der Waals surface area contributed by atoms with Crippen LogP contribution in [-0.4, -0.2) is 54.9 Å². The van der Waals surface area contributed by atoms with Gasteiger partial charge >= 0.3 is 0 Å². The first-order valence-corrected chi connectivity index (χ1v) is 8.44. The number of hydrogen-bond acceptors (Lipinski definition) is 3. The van der Waals surface area contributed by atoms with E-state index in [2.05, 4.69) is 20.8 Å². The minimum atomic E-state index is -0.209. The smallest absolute Gasteiger partial charge is 0.260 e. The molecule has 2 amide bonds. The first-order valence-electron chi connectivity index (χ1n) is 8.44. The van der Waals surface area contributed by atoms with E-state index in [1.54, 1.807) is 11.9 Å².